The van der Waals surface area contributed by atoms with Crippen LogP contribution >= 0.6 is 7.34 Å². The number of hydrogen-bond donors (Lipinski definition) is 1. The fourth-order valence-corrected chi connectivity index (χ4v) is 11.7. The van der Waals surface area contributed by atoms with Crippen LogP contribution in [0.3, 0.4) is 0 Å². The molecule has 2 radical (unpaired) electrons. The van der Waals surface area contributed by atoms with Gasteiger partial charge in [-0.25, -0.2) is 0 Å². The average molecular weight is 610 g/mol. The van der Waals surface area contributed by atoms with Gasteiger partial charge in [-0.1, -0.05) is 0 Å². The third-order valence-corrected chi connectivity index (χ3v) is 19.1. The van der Waals surface area contributed by atoms with Gasteiger partial charge in [0.15, 0.2) is 0 Å². The minimum atomic E-state index is -2.92. The molecule has 0 bridgehead atoms. The van der Waals surface area contributed by atoms with E-state index in [1.165, 1.54) is 0 Å². The van der Waals surface area contributed by atoms with Gasteiger partial charge in [-0.2, -0.15) is 0 Å². The van der Waals surface area contributed by atoms with Crippen LogP contribution in [0.15, 0.2) is 60.7 Å². The molecule has 10 heteroatoms. The molecule has 0 spiro atoms. The van der Waals surface area contributed by atoms with E-state index >= 15 is 0 Å². The summed E-state index contributed by atoms with van der Waals surface area (Å²) in [5.41, 5.74) is 0. The molecule has 0 fully saturated rings. The van der Waals surface area contributed by atoms with Crippen LogP contribution in [0.1, 0.15) is 61.3 Å². The van der Waals surface area contributed by atoms with Crippen LogP contribution in [0.2, 0.25) is 23.2 Å². The Morgan fingerprint density at radius 3 is 1.80 bits per heavy atom. The van der Waals surface area contributed by atoms with Gasteiger partial charge in [-0.3, -0.25) is 0 Å². The van der Waals surface area contributed by atoms with E-state index < -0.39 is 42.0 Å². The molecular formula is C31H49B2O5PSi2. The number of rotatable bonds is 14. The van der Waals surface area contributed by atoms with Gasteiger partial charge in [-0.15, -0.1) is 0 Å². The van der Waals surface area contributed by atoms with Gasteiger partial charge in [0.05, 0.1) is 0 Å². The first-order chi connectivity index (χ1) is 19.0. The number of benzene rings is 2. The Kier molecular flexibility index (Phi) is 13.2. The second-order valence-electron chi connectivity index (χ2n) is 13.4. The van der Waals surface area contributed by atoms with Crippen LogP contribution in [0.25, 0.3) is 0 Å². The molecule has 5 nitrogen and oxygen atoms in total. The maximum absolute atomic E-state index is 14.0. The molecular weight excluding hydrogens is 561 g/mol. The number of carbonyl (C=O) groups excluding carboxylic acids is 1. The van der Waals surface area contributed by atoms with Crippen molar-refractivity contribution in [2.45, 2.75) is 103 Å². The first-order valence-corrected chi connectivity index (χ1v) is 20.9. The summed E-state index contributed by atoms with van der Waals surface area (Å²) in [6, 6.07) is 20.6. The molecule has 0 aliphatic carbocycles. The van der Waals surface area contributed by atoms with Crippen LogP contribution in [0.4, 0.5) is 0 Å². The predicted molar refractivity (Wildman–Crippen MR) is 180 cm³/mol. The van der Waals surface area contributed by atoms with Gasteiger partial charge in [0.2, 0.25) is 0 Å². The van der Waals surface area contributed by atoms with Crippen molar-refractivity contribution in [1.82, 2.24) is 0 Å². The van der Waals surface area contributed by atoms with Crippen LogP contribution in [0.5, 0.6) is 0 Å². The molecule has 0 aliphatic heterocycles. The Balaban J connectivity index is 2.61. The Morgan fingerprint density at radius 1 is 0.927 bits per heavy atom. The molecule has 4 atom stereocenters. The average Bonchev–Trinajstić information content (AvgIpc) is 2.90. The van der Waals surface area contributed by atoms with Gasteiger partial charge in [-0.05, 0) is 0 Å². The molecule has 0 amide bonds. The molecule has 2 aromatic carbocycles. The van der Waals surface area contributed by atoms with Crippen molar-refractivity contribution in [3.05, 3.63) is 60.7 Å². The van der Waals surface area contributed by atoms with Gasteiger partial charge < -0.3 is 0 Å². The normalized spacial score (nSPS) is 15.8. The monoisotopic (exact) mass is 610 g/mol. The number of carbonyl (C=O) groups is 1. The molecule has 1 N–H and O–H groups in total. The zero-order valence-corrected chi connectivity index (χ0v) is 29.4. The summed E-state index contributed by atoms with van der Waals surface area (Å²) >= 11 is 0. The molecule has 0 aliphatic rings. The summed E-state index contributed by atoms with van der Waals surface area (Å²) in [5, 5.41) is 13.4. The van der Waals surface area contributed by atoms with E-state index in [-0.39, 0.29) is 22.1 Å². The third kappa shape index (κ3) is 8.69. The van der Waals surface area contributed by atoms with E-state index in [4.69, 9.17) is 28.3 Å². The van der Waals surface area contributed by atoms with Crippen LogP contribution in [-0.4, -0.2) is 73.0 Å². The number of unbranched alkanes of at least 4 members (excludes halogenated alkanes) is 1. The summed E-state index contributed by atoms with van der Waals surface area (Å²) in [5.74, 6) is 0. The van der Waals surface area contributed by atoms with Crippen LogP contribution in [-0.2, 0) is 18.5 Å². The zero-order valence-electron chi connectivity index (χ0n) is 26.5. The maximum atomic E-state index is 14.0. The van der Waals surface area contributed by atoms with E-state index in [0.717, 1.165) is 23.2 Å². The first-order valence-electron chi connectivity index (χ1n) is 14.6. The Hall–Kier alpha value is -1.19. The van der Waals surface area contributed by atoms with Crippen molar-refractivity contribution in [2.75, 3.05) is 13.2 Å². The molecule has 0 aromatic heterocycles. The van der Waals surface area contributed by atoms with Crippen molar-refractivity contribution in [2.24, 2.45) is 0 Å². The minimum absolute atomic E-state index is 0.0792. The van der Waals surface area contributed by atoms with Crippen molar-refractivity contribution >= 4 is 54.1 Å². The zero-order chi connectivity index (χ0) is 31.1. The van der Waals surface area contributed by atoms with Gasteiger partial charge in [0.25, 0.3) is 0 Å². The summed E-state index contributed by atoms with van der Waals surface area (Å²) in [6.45, 7) is 19.3. The molecule has 2 aromatic rings. The second kappa shape index (κ2) is 15.0. The Labute approximate surface area is 253 Å². The van der Waals surface area contributed by atoms with E-state index in [0.29, 0.717) is 6.61 Å². The topological polar surface area (TPSA) is 65.0 Å². The van der Waals surface area contributed by atoms with Gasteiger partial charge in [0, 0.05) is 0 Å². The molecule has 41 heavy (non-hydrogen) atoms. The number of ether oxygens (including phenoxy) is 1. The van der Waals surface area contributed by atoms with Crippen molar-refractivity contribution in [3.63, 3.8) is 0 Å². The molecule has 2 rings (SSSR count). The third-order valence-electron chi connectivity index (χ3n) is 8.39. The van der Waals surface area contributed by atoms with Crippen molar-refractivity contribution in [3.8, 4) is 0 Å². The van der Waals surface area contributed by atoms with Gasteiger partial charge in [0.1, 0.15) is 0 Å². The molecule has 0 heterocycles. The standard InChI is InChI=1S/C31H49B2O5PSi2/c1-10-11-22-36-26(27(34)28(38-39(32)33)29(35)40(8,9)30(2,3)4)23-37-41(31(5,6)7,24-18-14-12-15-19-24)25-20-16-13-17-21-25/h12-21,26-28,34H,10-11,22-23H2,1-9H3/t26-,27+,28+/m0/s1. The van der Waals surface area contributed by atoms with E-state index in [1.807, 2.05) is 49.5 Å². The first kappa shape index (κ1) is 36.0. The molecule has 1 unspecified atom stereocenters. The fraction of sp³-hybridized carbons (Fsp3) is 0.581. The summed E-state index contributed by atoms with van der Waals surface area (Å²) in [6.07, 6.45) is -1.59. The second-order valence-corrected chi connectivity index (χ2v) is 23.8. The summed E-state index contributed by atoms with van der Waals surface area (Å²) in [4.78, 5) is 14.0. The summed E-state index contributed by atoms with van der Waals surface area (Å²) in [7, 11) is 4.40. The number of aliphatic hydroxyl groups is 1. The van der Waals surface area contributed by atoms with E-state index in [1.54, 1.807) is 0 Å². The van der Waals surface area contributed by atoms with Crippen LogP contribution in [0, 0.1) is 0 Å². The van der Waals surface area contributed by atoms with Crippen molar-refractivity contribution in [1.29, 1.82) is 0 Å². The number of aliphatic hydroxyl groups excluding tert-OH is 1. The van der Waals surface area contributed by atoms with Crippen molar-refractivity contribution < 1.29 is 23.6 Å². The predicted octanol–water partition coefficient (Wildman–Crippen LogP) is 5.68. The fourth-order valence-electron chi connectivity index (χ4n) is 4.91. The number of hydrogen-bond acceptors (Lipinski definition) is 5. The summed E-state index contributed by atoms with van der Waals surface area (Å²) < 4.78 is 19.2. The van der Waals surface area contributed by atoms with Crippen LogP contribution < -0.4 is 10.4 Å². The van der Waals surface area contributed by atoms with Gasteiger partial charge >= 0.3 is 254 Å². The SMILES string of the molecule is [B]P(#B)O[C@@H](C(=O)[Si](C)(C)C(C)(C)C)[C@H](O)[C@H](CO[Si](c1ccccc1)(c1ccccc1)C(C)(C)C)OCCCC. The molecule has 0 saturated carbocycles. The molecule has 222 valence electrons. The quantitative estimate of drug-likeness (QED) is 0.170. The van der Waals surface area contributed by atoms with E-state index in [2.05, 4.69) is 72.7 Å². The van der Waals surface area contributed by atoms with E-state index in [9.17, 15) is 9.90 Å². The Bertz CT molecular complexity index is 1130. The Morgan fingerprint density at radius 2 is 1.41 bits per heavy atom. The molecule has 0 saturated heterocycles.